The fourth-order valence-corrected chi connectivity index (χ4v) is 3.23. The van der Waals surface area contributed by atoms with Crippen molar-refractivity contribution >= 4 is 16.8 Å². The molecule has 0 bridgehead atoms. The smallest absolute Gasteiger partial charge is 0.248 e. The van der Waals surface area contributed by atoms with Crippen LogP contribution in [0.5, 0.6) is 0 Å². The minimum atomic E-state index is -0.589. The van der Waals surface area contributed by atoms with Gasteiger partial charge in [0.25, 0.3) is 0 Å². The minimum Gasteiger partial charge on any atom is -0.396 e. The predicted molar refractivity (Wildman–Crippen MR) is 102 cm³/mol. The SMILES string of the molecule is Cc1nn(CCCO)c(-c2nc(-c3cc(C(N)=O)cc4c3cnn4C)n[nH]2)c1F. The molecule has 150 valence electrons. The lowest BCUT2D eigenvalue weighted by atomic mass is 10.1. The number of aromatic nitrogens is 7. The number of fused-ring (bicyclic) bond motifs is 1. The molecule has 0 aliphatic rings. The third-order valence-corrected chi connectivity index (χ3v) is 4.68. The van der Waals surface area contributed by atoms with Crippen LogP contribution in [0.1, 0.15) is 22.5 Å². The van der Waals surface area contributed by atoms with Gasteiger partial charge >= 0.3 is 0 Å². The molecule has 0 radical (unpaired) electrons. The molecule has 0 spiro atoms. The Labute approximate surface area is 164 Å². The van der Waals surface area contributed by atoms with E-state index in [0.717, 1.165) is 5.39 Å². The first-order valence-corrected chi connectivity index (χ1v) is 8.93. The number of carbonyl (C=O) groups is 1. The first kappa shape index (κ1) is 18.7. The fraction of sp³-hybridized carbons (Fsp3) is 0.278. The third kappa shape index (κ3) is 3.14. The lowest BCUT2D eigenvalue weighted by Gasteiger charge is -2.04. The van der Waals surface area contributed by atoms with Gasteiger partial charge in [0, 0.05) is 36.7 Å². The average molecular weight is 398 g/mol. The zero-order valence-electron chi connectivity index (χ0n) is 15.8. The van der Waals surface area contributed by atoms with Gasteiger partial charge in [-0.2, -0.15) is 15.3 Å². The van der Waals surface area contributed by atoms with Crippen LogP contribution >= 0.6 is 0 Å². The van der Waals surface area contributed by atoms with Gasteiger partial charge in [-0.15, -0.1) is 0 Å². The Hall–Kier alpha value is -3.60. The number of aliphatic hydroxyl groups is 1. The number of amides is 1. The van der Waals surface area contributed by atoms with E-state index in [2.05, 4.69) is 25.4 Å². The van der Waals surface area contributed by atoms with Crippen LogP contribution in [0.25, 0.3) is 33.8 Å². The number of nitrogens with one attached hydrogen (secondary N) is 1. The summed E-state index contributed by atoms with van der Waals surface area (Å²) >= 11 is 0. The molecule has 0 saturated carbocycles. The molecule has 0 atom stereocenters. The van der Waals surface area contributed by atoms with E-state index in [1.54, 1.807) is 37.0 Å². The van der Waals surface area contributed by atoms with Gasteiger partial charge in [-0.3, -0.25) is 19.3 Å². The van der Waals surface area contributed by atoms with Crippen molar-refractivity contribution in [2.75, 3.05) is 6.61 Å². The summed E-state index contributed by atoms with van der Waals surface area (Å²) < 4.78 is 17.7. The Kier molecular flexibility index (Phi) is 4.59. The number of rotatable bonds is 6. The van der Waals surface area contributed by atoms with E-state index in [4.69, 9.17) is 10.8 Å². The van der Waals surface area contributed by atoms with Crippen molar-refractivity contribution in [3.05, 3.63) is 35.4 Å². The standard InChI is InChI=1S/C18H19FN8O2/c1-9-14(19)15(27(25-9)4-3-5-28)18-22-17(23-24-18)11-6-10(16(20)29)7-13-12(11)8-21-26(13)2/h6-8,28H,3-5H2,1-2H3,(H2,20,29)(H,22,23,24). The number of benzene rings is 1. The van der Waals surface area contributed by atoms with E-state index < -0.39 is 11.7 Å². The van der Waals surface area contributed by atoms with Crippen LogP contribution in [-0.2, 0) is 13.6 Å². The molecule has 4 rings (SSSR count). The van der Waals surface area contributed by atoms with Crippen LogP contribution in [0.4, 0.5) is 4.39 Å². The van der Waals surface area contributed by atoms with Crippen LogP contribution in [-0.4, -0.2) is 52.4 Å². The molecule has 10 nitrogen and oxygen atoms in total. The Morgan fingerprint density at radius 1 is 1.38 bits per heavy atom. The number of hydrogen-bond donors (Lipinski definition) is 3. The molecule has 0 unspecified atom stereocenters. The van der Waals surface area contributed by atoms with Crippen LogP contribution in [0.15, 0.2) is 18.3 Å². The number of halogens is 1. The van der Waals surface area contributed by atoms with Crippen molar-refractivity contribution in [2.24, 2.45) is 12.8 Å². The van der Waals surface area contributed by atoms with Gasteiger partial charge in [-0.1, -0.05) is 0 Å². The Morgan fingerprint density at radius 3 is 2.90 bits per heavy atom. The van der Waals surface area contributed by atoms with Crippen LogP contribution < -0.4 is 5.73 Å². The second kappa shape index (κ2) is 7.09. The number of carbonyl (C=O) groups excluding carboxylic acids is 1. The Morgan fingerprint density at radius 2 is 2.17 bits per heavy atom. The normalized spacial score (nSPS) is 11.4. The van der Waals surface area contributed by atoms with Crippen molar-refractivity contribution in [1.29, 1.82) is 0 Å². The third-order valence-electron chi connectivity index (χ3n) is 4.68. The van der Waals surface area contributed by atoms with E-state index in [-0.39, 0.29) is 35.2 Å². The monoisotopic (exact) mass is 398 g/mol. The largest absolute Gasteiger partial charge is 0.396 e. The molecule has 29 heavy (non-hydrogen) atoms. The summed E-state index contributed by atoms with van der Waals surface area (Å²) in [4.78, 5) is 16.2. The Balaban J connectivity index is 1.85. The quantitative estimate of drug-likeness (QED) is 0.445. The van der Waals surface area contributed by atoms with E-state index in [1.807, 2.05) is 0 Å². The molecule has 0 aliphatic carbocycles. The van der Waals surface area contributed by atoms with Gasteiger partial charge in [-0.05, 0) is 25.5 Å². The highest BCUT2D eigenvalue weighted by molar-refractivity contribution is 6.02. The number of aryl methyl sites for hydroxylation is 3. The number of aliphatic hydroxyl groups excluding tert-OH is 1. The van der Waals surface area contributed by atoms with E-state index in [1.165, 1.54) is 4.68 Å². The molecule has 3 heterocycles. The van der Waals surface area contributed by atoms with Crippen LogP contribution in [0.2, 0.25) is 0 Å². The second-order valence-corrected chi connectivity index (χ2v) is 6.64. The van der Waals surface area contributed by atoms with Crippen molar-refractivity contribution < 1.29 is 14.3 Å². The number of hydrogen-bond acceptors (Lipinski definition) is 6. The van der Waals surface area contributed by atoms with E-state index in [9.17, 15) is 9.18 Å². The zero-order valence-corrected chi connectivity index (χ0v) is 15.8. The Bertz CT molecular complexity index is 1220. The van der Waals surface area contributed by atoms with Gasteiger partial charge in [0.15, 0.2) is 17.5 Å². The summed E-state index contributed by atoms with van der Waals surface area (Å²) in [6.45, 7) is 1.85. The summed E-state index contributed by atoms with van der Waals surface area (Å²) in [5.41, 5.74) is 7.36. The van der Waals surface area contributed by atoms with Crippen LogP contribution in [0.3, 0.4) is 0 Å². The molecule has 0 saturated heterocycles. The summed E-state index contributed by atoms with van der Waals surface area (Å²) in [7, 11) is 1.75. The molecule has 4 N–H and O–H groups in total. The van der Waals surface area contributed by atoms with Gasteiger partial charge in [0.05, 0.1) is 17.4 Å². The molecule has 1 amide bonds. The predicted octanol–water partition coefficient (Wildman–Crippen LogP) is 1.15. The van der Waals surface area contributed by atoms with Gasteiger partial charge in [0.2, 0.25) is 5.91 Å². The molecule has 4 aromatic rings. The molecular formula is C18H19FN8O2. The maximum atomic E-state index is 14.7. The number of aromatic amines is 1. The molecule has 0 aliphatic heterocycles. The topological polar surface area (TPSA) is 141 Å². The zero-order chi connectivity index (χ0) is 20.7. The average Bonchev–Trinajstić information content (AvgIpc) is 3.38. The van der Waals surface area contributed by atoms with Gasteiger partial charge in [-0.25, -0.2) is 9.37 Å². The molecular weight excluding hydrogens is 379 g/mol. The second-order valence-electron chi connectivity index (χ2n) is 6.64. The highest BCUT2D eigenvalue weighted by atomic mass is 19.1. The van der Waals surface area contributed by atoms with E-state index >= 15 is 0 Å². The first-order valence-electron chi connectivity index (χ1n) is 8.93. The van der Waals surface area contributed by atoms with Gasteiger partial charge < -0.3 is 10.8 Å². The highest BCUT2D eigenvalue weighted by Gasteiger charge is 2.22. The van der Waals surface area contributed by atoms with Crippen molar-refractivity contribution in [3.8, 4) is 22.9 Å². The highest BCUT2D eigenvalue weighted by Crippen LogP contribution is 2.30. The summed E-state index contributed by atoms with van der Waals surface area (Å²) in [6.07, 6.45) is 2.06. The number of nitrogens with zero attached hydrogens (tertiary/aromatic N) is 6. The number of nitrogens with two attached hydrogens (primary N) is 1. The molecule has 0 fully saturated rings. The van der Waals surface area contributed by atoms with Gasteiger partial charge in [0.1, 0.15) is 5.69 Å². The fourth-order valence-electron chi connectivity index (χ4n) is 3.23. The summed E-state index contributed by atoms with van der Waals surface area (Å²) in [5.74, 6) is -0.637. The molecule has 1 aromatic carbocycles. The maximum absolute atomic E-state index is 14.7. The van der Waals surface area contributed by atoms with Crippen molar-refractivity contribution in [3.63, 3.8) is 0 Å². The van der Waals surface area contributed by atoms with Crippen molar-refractivity contribution in [1.82, 2.24) is 34.7 Å². The number of H-pyrrole nitrogens is 1. The molecule has 3 aromatic heterocycles. The minimum absolute atomic E-state index is 0.0412. The number of primary amides is 1. The van der Waals surface area contributed by atoms with E-state index in [0.29, 0.717) is 24.0 Å². The lowest BCUT2D eigenvalue weighted by molar-refractivity contribution is 0.100. The van der Waals surface area contributed by atoms with Crippen LogP contribution in [0, 0.1) is 12.7 Å². The van der Waals surface area contributed by atoms with Crippen molar-refractivity contribution in [2.45, 2.75) is 19.9 Å². The first-order chi connectivity index (χ1) is 13.9. The summed E-state index contributed by atoms with van der Waals surface area (Å²) in [5, 5.41) is 25.1. The maximum Gasteiger partial charge on any atom is 0.248 e. The lowest BCUT2D eigenvalue weighted by Crippen LogP contribution is -2.11. The summed E-state index contributed by atoms with van der Waals surface area (Å²) in [6, 6.07) is 3.23. The molecule has 11 heteroatoms.